The van der Waals surface area contributed by atoms with Gasteiger partial charge in [0, 0.05) is 17.7 Å². The number of amides is 1. The second-order valence-electron chi connectivity index (χ2n) is 5.72. The monoisotopic (exact) mass is 314 g/mol. The highest BCUT2D eigenvalue weighted by molar-refractivity contribution is 5.98. The van der Waals surface area contributed by atoms with E-state index in [9.17, 15) is 23.1 Å². The quantitative estimate of drug-likeness (QED) is 0.912. The van der Waals surface area contributed by atoms with E-state index in [1.54, 1.807) is 32.9 Å². The van der Waals surface area contributed by atoms with Crippen molar-refractivity contribution in [1.29, 1.82) is 0 Å². The summed E-state index contributed by atoms with van der Waals surface area (Å²) in [6.07, 6.45) is -5.72. The van der Waals surface area contributed by atoms with Crippen molar-refractivity contribution in [2.45, 2.75) is 39.1 Å². The van der Waals surface area contributed by atoms with Gasteiger partial charge in [-0.1, -0.05) is 31.5 Å². The zero-order chi connectivity index (χ0) is 16.7. The molecule has 1 atom stereocenters. The van der Waals surface area contributed by atoms with Crippen LogP contribution in [-0.4, -0.2) is 33.6 Å². The smallest absolute Gasteiger partial charge is 0.362 e. The fourth-order valence-corrected chi connectivity index (χ4v) is 2.23. The Kier molecular flexibility index (Phi) is 4.04. The van der Waals surface area contributed by atoms with Crippen molar-refractivity contribution in [3.63, 3.8) is 0 Å². The fraction of sp³-hybridized carbons (Fsp3) is 0.467. The molecule has 0 saturated carbocycles. The minimum Gasteiger partial charge on any atom is -0.362 e. The van der Waals surface area contributed by atoms with Crippen molar-refractivity contribution < 1.29 is 23.1 Å². The summed E-state index contributed by atoms with van der Waals surface area (Å²) in [4.78, 5) is 12.4. The second kappa shape index (κ2) is 5.39. The third-order valence-corrected chi connectivity index (χ3v) is 3.58. The van der Waals surface area contributed by atoms with Crippen molar-refractivity contribution in [2.24, 2.45) is 11.0 Å². The van der Waals surface area contributed by atoms with Crippen LogP contribution in [0, 0.1) is 12.8 Å². The average Bonchev–Trinajstić information content (AvgIpc) is 2.77. The van der Waals surface area contributed by atoms with Crippen molar-refractivity contribution in [2.75, 3.05) is 0 Å². The van der Waals surface area contributed by atoms with Gasteiger partial charge in [0.05, 0.1) is 0 Å². The number of hydrogen-bond acceptors (Lipinski definition) is 3. The maximum Gasteiger partial charge on any atom is 0.438 e. The number of alkyl halides is 3. The van der Waals surface area contributed by atoms with Gasteiger partial charge in [-0.05, 0) is 25.0 Å². The Labute approximate surface area is 126 Å². The van der Waals surface area contributed by atoms with Crippen LogP contribution in [0.4, 0.5) is 13.2 Å². The van der Waals surface area contributed by atoms with Crippen molar-refractivity contribution in [1.82, 2.24) is 5.01 Å². The molecule has 4 nitrogen and oxygen atoms in total. The molecule has 0 spiro atoms. The Morgan fingerprint density at radius 3 is 2.55 bits per heavy atom. The molecule has 1 aliphatic rings. The van der Waals surface area contributed by atoms with Crippen LogP contribution in [0.15, 0.2) is 29.4 Å². The van der Waals surface area contributed by atoms with Crippen LogP contribution in [0.5, 0.6) is 0 Å². The van der Waals surface area contributed by atoms with E-state index in [2.05, 4.69) is 5.10 Å². The van der Waals surface area contributed by atoms with E-state index >= 15 is 0 Å². The molecule has 0 saturated heterocycles. The van der Waals surface area contributed by atoms with Gasteiger partial charge in [-0.15, -0.1) is 0 Å². The summed E-state index contributed by atoms with van der Waals surface area (Å²) in [7, 11) is 0. The lowest BCUT2D eigenvalue weighted by atomic mass is 9.98. The van der Waals surface area contributed by atoms with Gasteiger partial charge < -0.3 is 5.11 Å². The first-order valence-electron chi connectivity index (χ1n) is 6.84. The third kappa shape index (κ3) is 2.72. The zero-order valence-electron chi connectivity index (χ0n) is 12.5. The Hall–Kier alpha value is -1.89. The highest BCUT2D eigenvalue weighted by Gasteiger charge is 2.63. The minimum absolute atomic E-state index is 0.0523. The highest BCUT2D eigenvalue weighted by atomic mass is 19.4. The minimum atomic E-state index is -4.99. The Balaban J connectivity index is 2.46. The number of halogens is 3. The lowest BCUT2D eigenvalue weighted by Gasteiger charge is -2.32. The molecule has 120 valence electrons. The van der Waals surface area contributed by atoms with Gasteiger partial charge in [0.25, 0.3) is 11.6 Å². The lowest BCUT2D eigenvalue weighted by molar-refractivity contribution is -0.297. The van der Waals surface area contributed by atoms with Crippen molar-refractivity contribution >= 4 is 11.6 Å². The van der Waals surface area contributed by atoms with Crippen LogP contribution < -0.4 is 0 Å². The van der Waals surface area contributed by atoms with Crippen LogP contribution in [0.3, 0.4) is 0 Å². The summed E-state index contributed by atoms with van der Waals surface area (Å²) in [5.74, 6) is -1.27. The van der Waals surface area contributed by atoms with Gasteiger partial charge in [-0.25, -0.2) is 0 Å². The molecule has 22 heavy (non-hydrogen) atoms. The fourth-order valence-electron chi connectivity index (χ4n) is 2.23. The van der Waals surface area contributed by atoms with Crippen LogP contribution in [0.2, 0.25) is 0 Å². The Bertz CT molecular complexity index is 625. The molecule has 1 aromatic rings. The molecule has 0 aromatic heterocycles. The molecule has 1 aromatic carbocycles. The maximum absolute atomic E-state index is 13.3. The standard InChI is InChI=1S/C15H17F3N2O2/c1-9(2)12-8-14(22,15(16,17)18)20(19-12)13(21)11-6-4-5-10(3)7-11/h4-7,9,22H,8H2,1-3H3. The number of rotatable bonds is 2. The van der Waals surface area contributed by atoms with E-state index in [0.717, 1.165) is 5.56 Å². The van der Waals surface area contributed by atoms with Gasteiger partial charge in [0.15, 0.2) is 0 Å². The van der Waals surface area contributed by atoms with Crippen LogP contribution in [-0.2, 0) is 0 Å². The number of aryl methyl sites for hydroxylation is 1. The van der Waals surface area contributed by atoms with E-state index in [1.165, 1.54) is 12.1 Å². The molecule has 2 rings (SSSR count). The molecule has 1 aliphatic heterocycles. The second-order valence-corrected chi connectivity index (χ2v) is 5.72. The predicted octanol–water partition coefficient (Wildman–Crippen LogP) is 3.10. The topological polar surface area (TPSA) is 52.9 Å². The van der Waals surface area contributed by atoms with Gasteiger partial charge >= 0.3 is 6.18 Å². The number of nitrogens with zero attached hydrogens (tertiary/aromatic N) is 2. The summed E-state index contributed by atoms with van der Waals surface area (Å²) in [6, 6.07) is 6.15. The summed E-state index contributed by atoms with van der Waals surface area (Å²) in [5, 5.41) is 14.0. The van der Waals surface area contributed by atoms with E-state index in [0.29, 0.717) is 0 Å². The first-order chi connectivity index (χ1) is 10.1. The molecule has 7 heteroatoms. The first kappa shape index (κ1) is 16.5. The Morgan fingerprint density at radius 1 is 1.41 bits per heavy atom. The molecule has 1 heterocycles. The molecule has 0 fully saturated rings. The van der Waals surface area contributed by atoms with Gasteiger partial charge in [0.1, 0.15) is 0 Å². The van der Waals surface area contributed by atoms with E-state index < -0.39 is 24.2 Å². The molecular weight excluding hydrogens is 297 g/mol. The normalized spacial score (nSPS) is 22.2. The summed E-state index contributed by atoms with van der Waals surface area (Å²) < 4.78 is 39.8. The highest BCUT2D eigenvalue weighted by Crippen LogP contribution is 2.41. The van der Waals surface area contributed by atoms with Gasteiger partial charge in [-0.2, -0.15) is 23.3 Å². The number of carbonyl (C=O) groups excluding carboxylic acids is 1. The van der Waals surface area contributed by atoms with Crippen LogP contribution >= 0.6 is 0 Å². The maximum atomic E-state index is 13.3. The first-order valence-corrected chi connectivity index (χ1v) is 6.84. The summed E-state index contributed by atoms with van der Waals surface area (Å²) in [5.41, 5.74) is -2.38. The molecule has 0 radical (unpaired) electrons. The average molecular weight is 314 g/mol. The molecule has 1 N–H and O–H groups in total. The van der Waals surface area contributed by atoms with Crippen molar-refractivity contribution in [3.05, 3.63) is 35.4 Å². The summed E-state index contributed by atoms with van der Waals surface area (Å²) in [6.45, 7) is 5.05. The van der Waals surface area contributed by atoms with E-state index in [-0.39, 0.29) is 22.2 Å². The molecule has 0 bridgehead atoms. The SMILES string of the molecule is Cc1cccc(C(=O)N2N=C(C(C)C)CC2(O)C(F)(F)F)c1. The largest absolute Gasteiger partial charge is 0.438 e. The predicted molar refractivity (Wildman–Crippen MR) is 75.2 cm³/mol. The number of benzene rings is 1. The third-order valence-electron chi connectivity index (χ3n) is 3.58. The van der Waals surface area contributed by atoms with Crippen molar-refractivity contribution in [3.8, 4) is 0 Å². The molecule has 1 unspecified atom stereocenters. The van der Waals surface area contributed by atoms with Crippen LogP contribution in [0.1, 0.15) is 36.2 Å². The van der Waals surface area contributed by atoms with Gasteiger partial charge in [0.2, 0.25) is 0 Å². The van der Waals surface area contributed by atoms with Crippen LogP contribution in [0.25, 0.3) is 0 Å². The molecule has 0 aliphatic carbocycles. The Morgan fingerprint density at radius 2 is 2.05 bits per heavy atom. The van der Waals surface area contributed by atoms with E-state index in [4.69, 9.17) is 0 Å². The number of carbonyl (C=O) groups is 1. The number of hydrazone groups is 1. The zero-order valence-corrected chi connectivity index (χ0v) is 12.5. The molecular formula is C15H17F3N2O2. The van der Waals surface area contributed by atoms with Gasteiger partial charge in [-0.3, -0.25) is 4.79 Å². The van der Waals surface area contributed by atoms with E-state index in [1.807, 2.05) is 0 Å². The number of hydrogen-bond donors (Lipinski definition) is 1. The summed E-state index contributed by atoms with van der Waals surface area (Å²) >= 11 is 0. The lowest BCUT2D eigenvalue weighted by Crippen LogP contribution is -2.56. The molecule has 1 amide bonds. The number of aliphatic hydroxyl groups is 1.